The molecule has 1 aliphatic carbocycles. The number of hydrogen-bond donors (Lipinski definition) is 3. The number of rotatable bonds is 8. The van der Waals surface area contributed by atoms with Crippen LogP contribution >= 0.6 is 15.9 Å². The predicted molar refractivity (Wildman–Crippen MR) is 123 cm³/mol. The van der Waals surface area contributed by atoms with E-state index in [9.17, 15) is 27.6 Å². The van der Waals surface area contributed by atoms with Crippen LogP contribution in [-0.4, -0.2) is 43.7 Å². The van der Waals surface area contributed by atoms with Crippen molar-refractivity contribution in [2.75, 3.05) is 19.0 Å². The molecular weight excluding hydrogens is 537 g/mol. The van der Waals surface area contributed by atoms with Crippen molar-refractivity contribution in [3.63, 3.8) is 0 Å². The van der Waals surface area contributed by atoms with E-state index >= 15 is 0 Å². The molecular formula is C22H20BrF3N4O5. The maximum absolute atomic E-state index is 13.2. The Morgan fingerprint density at radius 2 is 1.86 bits per heavy atom. The van der Waals surface area contributed by atoms with E-state index in [0.717, 1.165) is 25.0 Å². The second-order valence-electron chi connectivity index (χ2n) is 7.38. The molecule has 0 bridgehead atoms. The number of carbonyl (C=O) groups excluding carboxylic acids is 3. The molecule has 2 aromatic carbocycles. The number of alkyl halides is 3. The van der Waals surface area contributed by atoms with Gasteiger partial charge in [-0.3, -0.25) is 14.4 Å². The zero-order valence-corrected chi connectivity index (χ0v) is 19.8. The first kappa shape index (κ1) is 26.0. The molecule has 0 radical (unpaired) electrons. The molecule has 0 heterocycles. The highest BCUT2D eigenvalue weighted by atomic mass is 79.9. The molecule has 1 aliphatic rings. The zero-order valence-electron chi connectivity index (χ0n) is 18.2. The average molecular weight is 557 g/mol. The zero-order chi connectivity index (χ0) is 25.6. The number of hydrogen-bond acceptors (Lipinski definition) is 6. The van der Waals surface area contributed by atoms with Gasteiger partial charge in [-0.25, -0.2) is 5.43 Å². The van der Waals surface area contributed by atoms with Gasteiger partial charge in [-0.2, -0.15) is 18.3 Å². The Labute approximate surface area is 206 Å². The Morgan fingerprint density at radius 3 is 2.51 bits per heavy atom. The van der Waals surface area contributed by atoms with E-state index in [2.05, 4.69) is 37.1 Å². The minimum absolute atomic E-state index is 0.0395. The number of amides is 3. The molecule has 3 rings (SSSR count). The number of halogens is 4. The summed E-state index contributed by atoms with van der Waals surface area (Å²) in [6, 6.07) is 7.89. The summed E-state index contributed by atoms with van der Waals surface area (Å²) in [5.74, 6) is -2.11. The van der Waals surface area contributed by atoms with Gasteiger partial charge in [-0.1, -0.05) is 15.9 Å². The van der Waals surface area contributed by atoms with Gasteiger partial charge in [0, 0.05) is 10.5 Å². The fourth-order valence-corrected chi connectivity index (χ4v) is 3.13. The molecule has 9 nitrogen and oxygen atoms in total. The van der Waals surface area contributed by atoms with Gasteiger partial charge in [0.2, 0.25) is 0 Å². The molecule has 0 unspecified atom stereocenters. The van der Waals surface area contributed by atoms with E-state index in [1.54, 1.807) is 0 Å². The van der Waals surface area contributed by atoms with Crippen LogP contribution in [0.1, 0.15) is 24.0 Å². The fourth-order valence-electron chi connectivity index (χ4n) is 2.77. The molecule has 0 spiro atoms. The van der Waals surface area contributed by atoms with Crippen molar-refractivity contribution < 1.29 is 37.0 Å². The van der Waals surface area contributed by atoms with Crippen molar-refractivity contribution in [3.05, 3.63) is 52.0 Å². The van der Waals surface area contributed by atoms with Gasteiger partial charge in [0.15, 0.2) is 18.1 Å². The van der Waals surface area contributed by atoms with Crippen LogP contribution in [0.5, 0.6) is 11.5 Å². The minimum Gasteiger partial charge on any atom is -0.493 e. The normalized spacial score (nSPS) is 13.3. The second-order valence-corrected chi connectivity index (χ2v) is 8.30. The van der Waals surface area contributed by atoms with E-state index < -0.39 is 41.8 Å². The smallest absolute Gasteiger partial charge is 0.418 e. The quantitative estimate of drug-likeness (QED) is 0.262. The topological polar surface area (TPSA) is 118 Å². The highest BCUT2D eigenvalue weighted by Crippen LogP contribution is 2.36. The molecule has 0 atom stereocenters. The molecule has 35 heavy (non-hydrogen) atoms. The highest BCUT2D eigenvalue weighted by molar-refractivity contribution is 9.10. The van der Waals surface area contributed by atoms with Crippen LogP contribution in [0.15, 0.2) is 46.0 Å². The Hall–Kier alpha value is -3.61. The van der Waals surface area contributed by atoms with Gasteiger partial charge in [0.25, 0.3) is 5.91 Å². The largest absolute Gasteiger partial charge is 0.493 e. The molecule has 2 aromatic rings. The summed E-state index contributed by atoms with van der Waals surface area (Å²) in [5, 5.41) is 8.42. The van der Waals surface area contributed by atoms with E-state index in [-0.39, 0.29) is 22.0 Å². The summed E-state index contributed by atoms with van der Waals surface area (Å²) in [7, 11) is 1.35. The van der Waals surface area contributed by atoms with E-state index in [1.807, 2.05) is 0 Å². The average Bonchev–Trinajstić information content (AvgIpc) is 3.62. The van der Waals surface area contributed by atoms with Gasteiger partial charge in [0.05, 0.1) is 24.6 Å². The number of benzene rings is 2. The van der Waals surface area contributed by atoms with E-state index in [0.29, 0.717) is 5.56 Å². The summed E-state index contributed by atoms with van der Waals surface area (Å²) < 4.78 is 50.5. The van der Waals surface area contributed by atoms with Crippen LogP contribution in [0.4, 0.5) is 18.9 Å². The molecule has 3 amide bonds. The van der Waals surface area contributed by atoms with Gasteiger partial charge in [-0.15, -0.1) is 0 Å². The summed E-state index contributed by atoms with van der Waals surface area (Å²) in [6.45, 7) is -0.580. The summed E-state index contributed by atoms with van der Waals surface area (Å²) >= 11 is 2.98. The third kappa shape index (κ3) is 7.70. The monoisotopic (exact) mass is 556 g/mol. The third-order valence-electron chi connectivity index (χ3n) is 4.61. The number of methoxy groups -OCH3 is 1. The summed E-state index contributed by atoms with van der Waals surface area (Å²) in [6.07, 6.45) is -1.70. The van der Waals surface area contributed by atoms with Crippen LogP contribution < -0.4 is 25.5 Å². The molecule has 0 aliphatic heterocycles. The van der Waals surface area contributed by atoms with Crippen LogP contribution in [0.2, 0.25) is 0 Å². The highest BCUT2D eigenvalue weighted by Gasteiger charge is 2.34. The first-order chi connectivity index (χ1) is 16.6. The SMILES string of the molecule is COc1cc(/C=N\NC(=O)C(=O)NC2CC2)ccc1OCC(=O)Nc1ccc(Br)cc1C(F)(F)F. The van der Waals surface area contributed by atoms with Crippen LogP contribution in [0.25, 0.3) is 0 Å². The third-order valence-corrected chi connectivity index (χ3v) is 5.10. The van der Waals surface area contributed by atoms with Gasteiger partial charge in [-0.05, 0) is 54.8 Å². The lowest BCUT2D eigenvalue weighted by Gasteiger charge is -2.15. The standard InChI is InChI=1S/C22H20BrF3N4O5/c1-34-18-8-12(10-27-30-21(33)20(32)28-14-4-5-14)2-7-17(18)35-11-19(31)29-16-6-3-13(23)9-15(16)22(24,25)26/h2-3,6-10,14H,4-5,11H2,1H3,(H,28,32)(H,29,31)(H,30,33)/b27-10-. The molecule has 186 valence electrons. The first-order valence-corrected chi connectivity index (χ1v) is 11.0. The molecule has 1 fully saturated rings. The maximum Gasteiger partial charge on any atom is 0.418 e. The van der Waals surface area contributed by atoms with Crippen LogP contribution in [0.3, 0.4) is 0 Å². The number of nitrogens with zero attached hydrogens (tertiary/aromatic N) is 1. The predicted octanol–water partition coefficient (Wildman–Crippen LogP) is 3.22. The van der Waals surface area contributed by atoms with Crippen molar-refractivity contribution in [1.29, 1.82) is 0 Å². The Balaban J connectivity index is 1.57. The Kier molecular flexibility index (Phi) is 8.33. The molecule has 1 saturated carbocycles. The maximum atomic E-state index is 13.2. The van der Waals surface area contributed by atoms with Crippen LogP contribution in [0, 0.1) is 0 Å². The lowest BCUT2D eigenvalue weighted by atomic mass is 10.1. The minimum atomic E-state index is -4.66. The number of anilines is 1. The molecule has 0 aromatic heterocycles. The first-order valence-electron chi connectivity index (χ1n) is 10.2. The Morgan fingerprint density at radius 1 is 1.11 bits per heavy atom. The summed E-state index contributed by atoms with van der Waals surface area (Å²) in [5.41, 5.74) is 1.18. The lowest BCUT2D eigenvalue weighted by Crippen LogP contribution is -2.38. The van der Waals surface area contributed by atoms with E-state index in [4.69, 9.17) is 9.47 Å². The molecule has 0 saturated heterocycles. The fraction of sp³-hybridized carbons (Fsp3) is 0.273. The number of ether oxygens (including phenoxy) is 2. The van der Waals surface area contributed by atoms with Crippen molar-refractivity contribution in [3.8, 4) is 11.5 Å². The number of hydrazone groups is 1. The Bertz CT molecular complexity index is 1150. The van der Waals surface area contributed by atoms with Crippen molar-refractivity contribution in [1.82, 2.24) is 10.7 Å². The number of carbonyl (C=O) groups is 3. The number of nitrogens with one attached hydrogen (secondary N) is 3. The summed E-state index contributed by atoms with van der Waals surface area (Å²) in [4.78, 5) is 35.4. The van der Waals surface area contributed by atoms with E-state index in [1.165, 1.54) is 37.6 Å². The lowest BCUT2D eigenvalue weighted by molar-refractivity contribution is -0.139. The second kappa shape index (κ2) is 11.2. The molecule has 13 heteroatoms. The van der Waals surface area contributed by atoms with Gasteiger partial charge in [0.1, 0.15) is 0 Å². The van der Waals surface area contributed by atoms with Gasteiger partial charge < -0.3 is 20.1 Å². The van der Waals surface area contributed by atoms with Crippen molar-refractivity contribution in [2.24, 2.45) is 5.10 Å². The molecule has 3 N–H and O–H groups in total. The van der Waals surface area contributed by atoms with Crippen molar-refractivity contribution >= 4 is 45.6 Å². The van der Waals surface area contributed by atoms with Gasteiger partial charge >= 0.3 is 18.0 Å². The van der Waals surface area contributed by atoms with Crippen molar-refractivity contribution in [2.45, 2.75) is 25.1 Å². The van der Waals surface area contributed by atoms with Crippen LogP contribution in [-0.2, 0) is 20.6 Å².